The Labute approximate surface area is 200 Å². The molecule has 0 bridgehead atoms. The van der Waals surface area contributed by atoms with E-state index in [1.54, 1.807) is 6.92 Å². The summed E-state index contributed by atoms with van der Waals surface area (Å²) in [5, 5.41) is 2.91. The molecule has 6 heteroatoms. The Morgan fingerprint density at radius 1 is 0.765 bits per heavy atom. The van der Waals surface area contributed by atoms with E-state index in [2.05, 4.69) is 63.6 Å². The van der Waals surface area contributed by atoms with Gasteiger partial charge in [0.15, 0.2) is 0 Å². The number of hydrogen-bond donors (Lipinski definition) is 1. The molecule has 0 spiro atoms. The molecule has 2 aliphatic rings. The van der Waals surface area contributed by atoms with E-state index in [1.807, 2.05) is 42.5 Å². The van der Waals surface area contributed by atoms with Gasteiger partial charge in [-0.3, -0.25) is 14.6 Å². The number of nitrogens with one attached hydrogen (secondary N) is 1. The van der Waals surface area contributed by atoms with Crippen molar-refractivity contribution < 1.29 is 9.59 Å². The maximum atomic E-state index is 13.3. The van der Waals surface area contributed by atoms with Gasteiger partial charge in [0.25, 0.3) is 5.91 Å². The highest BCUT2D eigenvalue weighted by Gasteiger charge is 2.49. The van der Waals surface area contributed by atoms with Crippen LogP contribution in [0, 0.1) is 0 Å². The number of carbonyl (C=O) groups is 2. The predicted molar refractivity (Wildman–Crippen MR) is 132 cm³/mol. The van der Waals surface area contributed by atoms with E-state index in [0.717, 1.165) is 31.7 Å². The maximum Gasteiger partial charge on any atom is 0.326 e. The predicted octanol–water partition coefficient (Wildman–Crippen LogP) is 3.82. The lowest BCUT2D eigenvalue weighted by molar-refractivity contribution is -0.132. The first kappa shape index (κ1) is 22.3. The van der Waals surface area contributed by atoms with Crippen molar-refractivity contribution in [1.29, 1.82) is 0 Å². The number of rotatable bonds is 6. The van der Waals surface area contributed by atoms with Crippen LogP contribution < -0.4 is 5.32 Å². The van der Waals surface area contributed by atoms with Crippen LogP contribution in [0.3, 0.4) is 0 Å². The smallest absolute Gasteiger partial charge is 0.319 e. The quantitative estimate of drug-likeness (QED) is 0.576. The van der Waals surface area contributed by atoms with Gasteiger partial charge in [0.05, 0.1) is 12.7 Å². The molecule has 6 nitrogen and oxygen atoms in total. The van der Waals surface area contributed by atoms with Gasteiger partial charge >= 0.3 is 6.03 Å². The Morgan fingerprint density at radius 3 is 1.79 bits per heavy atom. The fraction of sp³-hybridized carbons (Fsp3) is 0.286. The molecule has 2 fully saturated rings. The molecule has 2 heterocycles. The zero-order valence-corrected chi connectivity index (χ0v) is 19.4. The van der Waals surface area contributed by atoms with Crippen molar-refractivity contribution >= 4 is 11.9 Å². The largest absolute Gasteiger partial charge is 0.326 e. The average molecular weight is 455 g/mol. The van der Waals surface area contributed by atoms with Gasteiger partial charge in [0, 0.05) is 26.2 Å². The minimum atomic E-state index is -1.02. The van der Waals surface area contributed by atoms with E-state index in [0.29, 0.717) is 6.67 Å². The molecule has 1 atom stereocenters. The number of piperazine rings is 1. The third kappa shape index (κ3) is 4.22. The molecule has 1 N–H and O–H groups in total. The van der Waals surface area contributed by atoms with Gasteiger partial charge in [-0.15, -0.1) is 0 Å². The van der Waals surface area contributed by atoms with E-state index < -0.39 is 5.54 Å². The molecule has 3 amide bonds. The fourth-order valence-corrected chi connectivity index (χ4v) is 5.04. The molecule has 0 unspecified atom stereocenters. The summed E-state index contributed by atoms with van der Waals surface area (Å²) in [6, 6.07) is 30.5. The van der Waals surface area contributed by atoms with Crippen LogP contribution in [-0.4, -0.2) is 59.5 Å². The summed E-state index contributed by atoms with van der Waals surface area (Å²) in [5.74, 6) is -0.197. The fourth-order valence-electron chi connectivity index (χ4n) is 5.04. The lowest BCUT2D eigenvalue weighted by Crippen LogP contribution is -2.52. The summed E-state index contributed by atoms with van der Waals surface area (Å²) in [5.41, 5.74) is 2.32. The molecule has 3 aromatic carbocycles. The number of carbonyl (C=O) groups excluding carboxylic acids is 2. The Kier molecular flexibility index (Phi) is 6.18. The standard InChI is InChI=1S/C28H30N4O2/c1-28(24-15-9-4-10-16-24)26(33)32(27(34)29-28)21-30-17-19-31(20-18-30)25(22-11-5-2-6-12-22)23-13-7-3-8-14-23/h2-16,25H,17-21H2,1H3,(H,29,34)/t28-/m0/s1. The molecule has 0 aliphatic carbocycles. The summed E-state index contributed by atoms with van der Waals surface area (Å²) >= 11 is 0. The van der Waals surface area contributed by atoms with Crippen LogP contribution in [0.1, 0.15) is 29.7 Å². The van der Waals surface area contributed by atoms with E-state index in [4.69, 9.17) is 0 Å². The molecular weight excluding hydrogens is 424 g/mol. The minimum absolute atomic E-state index is 0.183. The number of benzene rings is 3. The first-order valence-electron chi connectivity index (χ1n) is 11.8. The van der Waals surface area contributed by atoms with Crippen LogP contribution in [0.4, 0.5) is 4.79 Å². The highest BCUT2D eigenvalue weighted by Crippen LogP contribution is 2.31. The van der Waals surface area contributed by atoms with Crippen molar-refractivity contribution in [1.82, 2.24) is 20.0 Å². The van der Waals surface area contributed by atoms with Gasteiger partial charge in [0.1, 0.15) is 5.54 Å². The first-order chi connectivity index (χ1) is 16.6. The van der Waals surface area contributed by atoms with Crippen LogP contribution in [0.2, 0.25) is 0 Å². The monoisotopic (exact) mass is 454 g/mol. The topological polar surface area (TPSA) is 55.9 Å². The Bertz CT molecular complexity index is 1090. The summed E-state index contributed by atoms with van der Waals surface area (Å²) in [6.45, 7) is 5.37. The highest BCUT2D eigenvalue weighted by atomic mass is 16.2. The van der Waals surface area contributed by atoms with Crippen molar-refractivity contribution in [2.75, 3.05) is 32.8 Å². The molecule has 5 rings (SSSR count). The van der Waals surface area contributed by atoms with Crippen LogP contribution in [-0.2, 0) is 10.3 Å². The Hall–Kier alpha value is -3.48. The van der Waals surface area contributed by atoms with Crippen molar-refractivity contribution in [3.05, 3.63) is 108 Å². The number of amides is 3. The zero-order chi connectivity index (χ0) is 23.5. The van der Waals surface area contributed by atoms with Crippen LogP contribution in [0.5, 0.6) is 0 Å². The van der Waals surface area contributed by atoms with E-state index >= 15 is 0 Å². The third-order valence-electron chi connectivity index (χ3n) is 6.97. The number of hydrogen-bond acceptors (Lipinski definition) is 4. The molecular formula is C28H30N4O2. The number of imide groups is 1. The van der Waals surface area contributed by atoms with Gasteiger partial charge < -0.3 is 5.32 Å². The second-order valence-corrected chi connectivity index (χ2v) is 9.17. The lowest BCUT2D eigenvalue weighted by atomic mass is 9.92. The van der Waals surface area contributed by atoms with Gasteiger partial charge in [0.2, 0.25) is 0 Å². The summed E-state index contributed by atoms with van der Waals surface area (Å²) in [6.07, 6.45) is 0. The van der Waals surface area contributed by atoms with E-state index in [-0.39, 0.29) is 18.0 Å². The number of nitrogens with zero attached hydrogens (tertiary/aromatic N) is 3. The summed E-state index contributed by atoms with van der Waals surface area (Å²) in [7, 11) is 0. The Balaban J connectivity index is 1.27. The van der Waals surface area contributed by atoms with Crippen LogP contribution >= 0.6 is 0 Å². The molecule has 0 aromatic heterocycles. The second-order valence-electron chi connectivity index (χ2n) is 9.17. The molecule has 0 radical (unpaired) electrons. The molecule has 0 saturated carbocycles. The Morgan fingerprint density at radius 2 is 1.26 bits per heavy atom. The molecule has 3 aromatic rings. The van der Waals surface area contributed by atoms with Crippen molar-refractivity contribution in [2.24, 2.45) is 0 Å². The molecule has 34 heavy (non-hydrogen) atoms. The van der Waals surface area contributed by atoms with Gasteiger partial charge in [-0.2, -0.15) is 0 Å². The third-order valence-corrected chi connectivity index (χ3v) is 6.97. The first-order valence-corrected chi connectivity index (χ1v) is 11.8. The van der Waals surface area contributed by atoms with Crippen LogP contribution in [0.15, 0.2) is 91.0 Å². The van der Waals surface area contributed by atoms with Crippen LogP contribution in [0.25, 0.3) is 0 Å². The highest BCUT2D eigenvalue weighted by molar-refractivity contribution is 6.07. The SMILES string of the molecule is C[C@@]1(c2ccccc2)NC(=O)N(CN2CCN(C(c3ccccc3)c3ccccc3)CC2)C1=O. The normalized spacial score (nSPS) is 21.8. The lowest BCUT2D eigenvalue weighted by Gasteiger charge is -2.40. The summed E-state index contributed by atoms with van der Waals surface area (Å²) in [4.78, 5) is 32.0. The maximum absolute atomic E-state index is 13.3. The van der Waals surface area contributed by atoms with Gasteiger partial charge in [-0.1, -0.05) is 91.0 Å². The molecule has 2 aliphatic heterocycles. The second kappa shape index (κ2) is 9.41. The summed E-state index contributed by atoms with van der Waals surface area (Å²) < 4.78 is 0. The van der Waals surface area contributed by atoms with Gasteiger partial charge in [-0.05, 0) is 23.6 Å². The zero-order valence-electron chi connectivity index (χ0n) is 19.4. The van der Waals surface area contributed by atoms with Crippen molar-refractivity contribution in [3.63, 3.8) is 0 Å². The molecule has 174 valence electrons. The number of urea groups is 1. The van der Waals surface area contributed by atoms with E-state index in [1.165, 1.54) is 16.0 Å². The van der Waals surface area contributed by atoms with Crippen molar-refractivity contribution in [3.8, 4) is 0 Å². The average Bonchev–Trinajstić information content (AvgIpc) is 3.11. The van der Waals surface area contributed by atoms with Gasteiger partial charge in [-0.25, -0.2) is 9.69 Å². The van der Waals surface area contributed by atoms with E-state index in [9.17, 15) is 9.59 Å². The molecule has 2 saturated heterocycles. The van der Waals surface area contributed by atoms with Crippen molar-refractivity contribution in [2.45, 2.75) is 18.5 Å². The minimum Gasteiger partial charge on any atom is -0.319 e.